The molecule has 0 aliphatic rings. The summed E-state index contributed by atoms with van der Waals surface area (Å²) in [4.78, 5) is 8.93. The highest BCUT2D eigenvalue weighted by Gasteiger charge is 2.10. The van der Waals surface area contributed by atoms with Crippen molar-refractivity contribution in [2.75, 3.05) is 14.2 Å². The average molecular weight is 312 g/mol. The summed E-state index contributed by atoms with van der Waals surface area (Å²) in [5, 5.41) is 2.99. The van der Waals surface area contributed by atoms with Crippen molar-refractivity contribution in [3.63, 3.8) is 0 Å². The predicted octanol–water partition coefficient (Wildman–Crippen LogP) is 4.20. The average Bonchev–Trinajstić information content (AvgIpc) is 3.04. The Morgan fingerprint density at radius 1 is 0.955 bits per heavy atom. The first-order chi connectivity index (χ1) is 10.7. The number of thiazole rings is 1. The molecule has 4 nitrogen and oxygen atoms in total. The minimum absolute atomic E-state index is 0.703. The summed E-state index contributed by atoms with van der Waals surface area (Å²) in [5.41, 5.74) is 4.10. The summed E-state index contributed by atoms with van der Waals surface area (Å²) in [5.74, 6) is 1.42. The highest BCUT2D eigenvalue weighted by Crippen LogP contribution is 2.35. The van der Waals surface area contributed by atoms with E-state index in [1.54, 1.807) is 25.6 Å². The summed E-state index contributed by atoms with van der Waals surface area (Å²) in [7, 11) is 3.26. The van der Waals surface area contributed by atoms with E-state index in [9.17, 15) is 0 Å². The van der Waals surface area contributed by atoms with Crippen molar-refractivity contribution in [2.24, 2.45) is 0 Å². The second-order valence-corrected chi connectivity index (χ2v) is 5.72. The fourth-order valence-corrected chi connectivity index (χ4v) is 3.03. The second-order valence-electron chi connectivity index (χ2n) is 4.86. The van der Waals surface area contributed by atoms with Crippen LogP contribution in [0.1, 0.15) is 5.56 Å². The van der Waals surface area contributed by atoms with Gasteiger partial charge in [-0.25, -0.2) is 4.98 Å². The van der Waals surface area contributed by atoms with Crippen molar-refractivity contribution in [3.05, 3.63) is 47.6 Å². The largest absolute Gasteiger partial charge is 0.493 e. The lowest BCUT2D eigenvalue weighted by Crippen LogP contribution is -1.90. The molecule has 0 fully saturated rings. The normalized spacial score (nSPS) is 10.5. The molecule has 22 heavy (non-hydrogen) atoms. The molecular formula is C17H16N2O2S. The summed E-state index contributed by atoms with van der Waals surface area (Å²) in [6, 6.07) is 7.90. The number of rotatable bonds is 4. The van der Waals surface area contributed by atoms with Crippen molar-refractivity contribution >= 4 is 11.3 Å². The Labute approximate surface area is 133 Å². The Bertz CT molecular complexity index is 799. The molecule has 2 heterocycles. The lowest BCUT2D eigenvalue weighted by molar-refractivity contribution is 0.355. The molecule has 1 aromatic carbocycles. The van der Waals surface area contributed by atoms with E-state index in [2.05, 4.69) is 11.1 Å². The minimum atomic E-state index is 0.703. The van der Waals surface area contributed by atoms with E-state index in [4.69, 9.17) is 14.5 Å². The Morgan fingerprint density at radius 3 is 2.50 bits per heavy atom. The summed E-state index contributed by atoms with van der Waals surface area (Å²) < 4.78 is 10.6. The molecule has 0 radical (unpaired) electrons. The molecule has 0 bridgehead atoms. The summed E-state index contributed by atoms with van der Waals surface area (Å²) in [6.45, 7) is 2.03. The van der Waals surface area contributed by atoms with Gasteiger partial charge in [0.05, 0.1) is 19.9 Å². The zero-order valence-electron chi connectivity index (χ0n) is 12.7. The van der Waals surface area contributed by atoms with Gasteiger partial charge in [-0.1, -0.05) is 0 Å². The van der Waals surface area contributed by atoms with Gasteiger partial charge in [-0.05, 0) is 36.8 Å². The highest BCUT2D eigenvalue weighted by molar-refractivity contribution is 7.13. The van der Waals surface area contributed by atoms with E-state index in [0.717, 1.165) is 27.4 Å². The van der Waals surface area contributed by atoms with Gasteiger partial charge in [-0.3, -0.25) is 4.98 Å². The third-order valence-electron chi connectivity index (χ3n) is 3.31. The van der Waals surface area contributed by atoms with Crippen LogP contribution in [0.5, 0.6) is 11.5 Å². The van der Waals surface area contributed by atoms with Gasteiger partial charge in [-0.2, -0.15) is 0 Å². The molecule has 0 amide bonds. The van der Waals surface area contributed by atoms with Crippen molar-refractivity contribution < 1.29 is 9.47 Å². The van der Waals surface area contributed by atoms with Crippen LogP contribution in [0.4, 0.5) is 0 Å². The quantitative estimate of drug-likeness (QED) is 0.724. The first kappa shape index (κ1) is 14.5. The van der Waals surface area contributed by atoms with E-state index in [0.29, 0.717) is 11.5 Å². The van der Waals surface area contributed by atoms with E-state index in [1.165, 1.54) is 0 Å². The highest BCUT2D eigenvalue weighted by atomic mass is 32.1. The van der Waals surface area contributed by atoms with Crippen LogP contribution in [0.3, 0.4) is 0 Å². The lowest BCUT2D eigenvalue weighted by atomic mass is 10.2. The van der Waals surface area contributed by atoms with Crippen LogP contribution >= 0.6 is 11.3 Å². The third kappa shape index (κ3) is 2.80. The Hall–Kier alpha value is -2.40. The standard InChI is InChI=1S/C17H16N2O2S/c1-11-6-13(9-18-8-11)14-10-22-17(19-14)12-4-5-15(20-2)16(7-12)21-3/h4-10H,1-3H3. The number of hydrogen-bond acceptors (Lipinski definition) is 5. The van der Waals surface area contributed by atoms with Crippen LogP contribution in [0, 0.1) is 6.92 Å². The third-order valence-corrected chi connectivity index (χ3v) is 4.20. The van der Waals surface area contributed by atoms with Gasteiger partial charge >= 0.3 is 0 Å². The van der Waals surface area contributed by atoms with Gasteiger partial charge in [0.2, 0.25) is 0 Å². The molecule has 0 N–H and O–H groups in total. The van der Waals surface area contributed by atoms with Crippen LogP contribution < -0.4 is 9.47 Å². The van der Waals surface area contributed by atoms with Crippen LogP contribution in [0.2, 0.25) is 0 Å². The molecule has 0 saturated carbocycles. The molecule has 3 rings (SSSR count). The first-order valence-electron chi connectivity index (χ1n) is 6.81. The number of aromatic nitrogens is 2. The zero-order chi connectivity index (χ0) is 15.5. The van der Waals surface area contributed by atoms with Crippen LogP contribution in [-0.4, -0.2) is 24.2 Å². The lowest BCUT2D eigenvalue weighted by Gasteiger charge is -2.08. The number of hydrogen-bond donors (Lipinski definition) is 0. The number of pyridine rings is 1. The summed E-state index contributed by atoms with van der Waals surface area (Å²) in [6.07, 6.45) is 3.67. The van der Waals surface area contributed by atoms with Crippen LogP contribution in [0.25, 0.3) is 21.8 Å². The maximum absolute atomic E-state index is 5.35. The minimum Gasteiger partial charge on any atom is -0.493 e. The van der Waals surface area contributed by atoms with Gasteiger partial charge in [-0.15, -0.1) is 11.3 Å². The van der Waals surface area contributed by atoms with Crippen molar-refractivity contribution in [1.82, 2.24) is 9.97 Å². The zero-order valence-corrected chi connectivity index (χ0v) is 13.5. The van der Waals surface area contributed by atoms with Crippen molar-refractivity contribution in [1.29, 1.82) is 0 Å². The maximum atomic E-state index is 5.35. The second kappa shape index (κ2) is 6.15. The Balaban J connectivity index is 1.97. The molecule has 0 saturated heterocycles. The number of benzene rings is 1. The van der Waals surface area contributed by atoms with E-state index in [1.807, 2.05) is 42.9 Å². The Morgan fingerprint density at radius 2 is 1.77 bits per heavy atom. The fourth-order valence-electron chi connectivity index (χ4n) is 2.20. The monoisotopic (exact) mass is 312 g/mol. The van der Waals surface area contributed by atoms with Crippen LogP contribution in [-0.2, 0) is 0 Å². The smallest absolute Gasteiger partial charge is 0.161 e. The molecule has 0 atom stereocenters. The molecule has 0 spiro atoms. The van der Waals surface area contributed by atoms with E-state index in [-0.39, 0.29) is 0 Å². The topological polar surface area (TPSA) is 44.2 Å². The molecular weight excluding hydrogens is 296 g/mol. The number of aryl methyl sites for hydroxylation is 1. The molecule has 112 valence electrons. The van der Waals surface area contributed by atoms with Gasteiger partial charge in [0.1, 0.15) is 5.01 Å². The van der Waals surface area contributed by atoms with Gasteiger partial charge in [0.25, 0.3) is 0 Å². The van der Waals surface area contributed by atoms with Crippen LogP contribution in [0.15, 0.2) is 42.0 Å². The fraction of sp³-hybridized carbons (Fsp3) is 0.176. The van der Waals surface area contributed by atoms with E-state index < -0.39 is 0 Å². The molecule has 2 aromatic heterocycles. The molecule has 0 aliphatic heterocycles. The Kier molecular flexibility index (Phi) is 4.06. The van der Waals surface area contributed by atoms with Gasteiger partial charge in [0.15, 0.2) is 11.5 Å². The summed E-state index contributed by atoms with van der Waals surface area (Å²) >= 11 is 1.60. The van der Waals surface area contributed by atoms with Crippen molar-refractivity contribution in [3.8, 4) is 33.3 Å². The van der Waals surface area contributed by atoms with E-state index >= 15 is 0 Å². The van der Waals surface area contributed by atoms with Crippen molar-refractivity contribution in [2.45, 2.75) is 6.92 Å². The van der Waals surface area contributed by atoms with Gasteiger partial charge < -0.3 is 9.47 Å². The number of methoxy groups -OCH3 is 2. The SMILES string of the molecule is COc1ccc(-c2nc(-c3cncc(C)c3)cs2)cc1OC. The molecule has 0 unspecified atom stereocenters. The van der Waals surface area contributed by atoms with Gasteiger partial charge in [0, 0.05) is 28.9 Å². The molecule has 0 aliphatic carbocycles. The molecule has 5 heteroatoms. The first-order valence-corrected chi connectivity index (χ1v) is 7.69. The maximum Gasteiger partial charge on any atom is 0.161 e. The number of ether oxygens (including phenoxy) is 2. The number of nitrogens with zero attached hydrogens (tertiary/aromatic N) is 2. The molecule has 3 aromatic rings. The predicted molar refractivity (Wildman–Crippen MR) is 88.6 cm³/mol.